The van der Waals surface area contributed by atoms with E-state index in [1.165, 1.54) is 0 Å². The van der Waals surface area contributed by atoms with Gasteiger partial charge in [-0.15, -0.1) is 0 Å². The highest BCUT2D eigenvalue weighted by Crippen LogP contribution is 2.51. The van der Waals surface area contributed by atoms with Crippen molar-refractivity contribution in [2.24, 2.45) is 10.2 Å². The second kappa shape index (κ2) is 13.8. The number of aliphatic hydroxyl groups is 3. The van der Waals surface area contributed by atoms with Gasteiger partial charge in [-0.3, -0.25) is 22.7 Å². The number of nitrogen functional groups attached to an aromatic ring is 2. The number of imidazole rings is 2. The number of hydrogen-bond acceptors (Lipinski definition) is 20. The average Bonchev–Trinajstić information content (AvgIpc) is 3.78. The molecule has 6 rings (SSSR count). The molecule has 29 nitrogen and oxygen atoms in total. The van der Waals surface area contributed by atoms with Crippen LogP contribution in [0, 0.1) is 0 Å². The number of phosphoric ester groups is 2. The third kappa shape index (κ3) is 7.00. The minimum atomic E-state index is -5.37. The summed E-state index contributed by atoms with van der Waals surface area (Å²) in [5, 5.41) is 39.5. The predicted octanol–water partition coefficient (Wildman–Crippen LogP) is -0.797. The molecule has 2 fully saturated rings. The lowest BCUT2D eigenvalue weighted by atomic mass is 10.1. The molecule has 2 aliphatic heterocycles. The van der Waals surface area contributed by atoms with Crippen molar-refractivity contribution in [3.05, 3.63) is 33.5 Å². The number of rotatable bonds is 12. The van der Waals surface area contributed by atoms with Crippen molar-refractivity contribution in [3.63, 3.8) is 0 Å². The zero-order valence-corrected chi connectivity index (χ0v) is 26.8. The maximum absolute atomic E-state index is 13.3. The first-order valence-electron chi connectivity index (χ1n) is 13.9. The number of phosphoric acid groups is 2. The third-order valence-corrected chi connectivity index (χ3v) is 8.94. The Labute approximate surface area is 280 Å². The number of hydrogen-bond donors (Lipinski definition) is 8. The Bertz CT molecular complexity index is 2170. The SMILES string of the molecule is [N-]=[N+]=Nc1nc2c(N)ncnc2n1C1O[C@H](COP(=O)(O)O[C@H]2C(n3c(N=[N+]=[N-])nc4c(N)ncnc43)O[C@H](COP(=O)(O)O)[C@H]2O)[C@@H](O)[C@H]1O. The Hall–Kier alpha value is -4.66. The largest absolute Gasteiger partial charge is 0.472 e. The van der Waals surface area contributed by atoms with Crippen LogP contribution in [0.15, 0.2) is 22.9 Å². The molecule has 3 unspecified atom stereocenters. The number of azide groups is 2. The first kappa shape index (κ1) is 36.1. The molecule has 4 aromatic heterocycles. The van der Waals surface area contributed by atoms with Crippen molar-refractivity contribution in [1.82, 2.24) is 39.0 Å². The summed E-state index contributed by atoms with van der Waals surface area (Å²) in [7, 11) is -10.5. The van der Waals surface area contributed by atoms with E-state index in [9.17, 15) is 39.1 Å². The van der Waals surface area contributed by atoms with Crippen LogP contribution < -0.4 is 11.5 Å². The van der Waals surface area contributed by atoms with Crippen molar-refractivity contribution in [2.75, 3.05) is 24.7 Å². The van der Waals surface area contributed by atoms with E-state index in [0.717, 1.165) is 21.8 Å². The Balaban J connectivity index is 1.26. The fourth-order valence-corrected chi connectivity index (χ4v) is 6.57. The third-order valence-electron chi connectivity index (χ3n) is 7.46. The van der Waals surface area contributed by atoms with Gasteiger partial charge in [0.1, 0.15) is 49.3 Å². The fourth-order valence-electron chi connectivity index (χ4n) is 5.30. The summed E-state index contributed by atoms with van der Waals surface area (Å²) in [6, 6.07) is 0. The molecule has 51 heavy (non-hydrogen) atoms. The zero-order chi connectivity index (χ0) is 36.8. The molecule has 0 aromatic carbocycles. The summed E-state index contributed by atoms with van der Waals surface area (Å²) in [5.41, 5.74) is 29.4. The molecule has 2 saturated heterocycles. The normalized spacial score (nSPS) is 27.7. The second-order valence-corrected chi connectivity index (χ2v) is 13.2. The highest BCUT2D eigenvalue weighted by Gasteiger charge is 2.52. The van der Waals surface area contributed by atoms with Gasteiger partial charge in [0.25, 0.3) is 0 Å². The first-order valence-corrected chi connectivity index (χ1v) is 16.9. The molecule has 0 saturated carbocycles. The molecule has 272 valence electrons. The highest BCUT2D eigenvalue weighted by atomic mass is 31.2. The predicted molar refractivity (Wildman–Crippen MR) is 162 cm³/mol. The Morgan fingerprint density at radius 3 is 1.80 bits per heavy atom. The number of ether oxygens (including phenoxy) is 2. The van der Waals surface area contributed by atoms with Crippen LogP contribution in [0.1, 0.15) is 12.5 Å². The van der Waals surface area contributed by atoms with Crippen molar-refractivity contribution >= 4 is 61.5 Å². The van der Waals surface area contributed by atoms with Crippen LogP contribution in [-0.2, 0) is 32.2 Å². The molecule has 10 N–H and O–H groups in total. The van der Waals surface area contributed by atoms with E-state index in [-0.39, 0.29) is 39.9 Å². The summed E-state index contributed by atoms with van der Waals surface area (Å²) in [4.78, 5) is 58.1. The van der Waals surface area contributed by atoms with E-state index in [2.05, 4.69) is 54.5 Å². The van der Waals surface area contributed by atoms with E-state index in [4.69, 9.17) is 41.1 Å². The lowest BCUT2D eigenvalue weighted by Gasteiger charge is -2.25. The van der Waals surface area contributed by atoms with Crippen LogP contribution in [0.2, 0.25) is 0 Å². The lowest BCUT2D eigenvalue weighted by molar-refractivity contribution is -0.0606. The van der Waals surface area contributed by atoms with Gasteiger partial charge in [-0.1, -0.05) is 0 Å². The van der Waals surface area contributed by atoms with Crippen LogP contribution in [0.4, 0.5) is 23.5 Å². The fraction of sp³-hybridized carbons (Fsp3) is 0.500. The Morgan fingerprint density at radius 1 is 0.784 bits per heavy atom. The molecular weight excluding hydrogens is 734 g/mol. The summed E-state index contributed by atoms with van der Waals surface area (Å²) >= 11 is 0. The topological polar surface area (TPSA) is 438 Å². The Kier molecular flexibility index (Phi) is 9.79. The van der Waals surface area contributed by atoms with Crippen LogP contribution in [0.5, 0.6) is 0 Å². The van der Waals surface area contributed by atoms with Crippen LogP contribution in [0.25, 0.3) is 43.2 Å². The van der Waals surface area contributed by atoms with Gasteiger partial charge in [0, 0.05) is 9.82 Å². The zero-order valence-electron chi connectivity index (χ0n) is 25.0. The van der Waals surface area contributed by atoms with Gasteiger partial charge in [0.05, 0.1) is 13.2 Å². The molecule has 4 aromatic rings. The van der Waals surface area contributed by atoms with E-state index >= 15 is 0 Å². The monoisotopic (exact) mass is 758 g/mol. The van der Waals surface area contributed by atoms with Crippen LogP contribution in [0.3, 0.4) is 0 Å². The first-order chi connectivity index (χ1) is 24.1. The molecule has 9 atom stereocenters. The maximum Gasteiger partial charge on any atom is 0.472 e. The molecule has 2 aliphatic rings. The highest BCUT2D eigenvalue weighted by molar-refractivity contribution is 7.47. The van der Waals surface area contributed by atoms with Gasteiger partial charge >= 0.3 is 15.6 Å². The van der Waals surface area contributed by atoms with Gasteiger partial charge in [-0.05, 0) is 21.3 Å². The molecule has 0 radical (unpaired) electrons. The Morgan fingerprint density at radius 2 is 1.27 bits per heavy atom. The second-order valence-electron chi connectivity index (χ2n) is 10.5. The number of nitrogens with zero attached hydrogens (tertiary/aromatic N) is 14. The molecule has 0 spiro atoms. The molecular formula is C20H24N16O13P2. The minimum absolute atomic E-state index is 0.0296. The molecule has 31 heteroatoms. The van der Waals surface area contributed by atoms with Crippen LogP contribution in [-0.4, -0.2) is 119 Å². The van der Waals surface area contributed by atoms with Gasteiger partial charge in [-0.2, -0.15) is 0 Å². The van der Waals surface area contributed by atoms with Crippen LogP contribution >= 0.6 is 15.6 Å². The van der Waals surface area contributed by atoms with E-state index < -0.39 is 83.9 Å². The summed E-state index contributed by atoms with van der Waals surface area (Å²) in [6.45, 7) is -1.93. The van der Waals surface area contributed by atoms with Gasteiger partial charge in [0.15, 0.2) is 46.4 Å². The molecule has 0 aliphatic carbocycles. The van der Waals surface area contributed by atoms with Crippen molar-refractivity contribution in [3.8, 4) is 0 Å². The lowest BCUT2D eigenvalue weighted by Crippen LogP contribution is -2.36. The summed E-state index contributed by atoms with van der Waals surface area (Å²) in [5.74, 6) is -1.19. The average molecular weight is 758 g/mol. The van der Waals surface area contributed by atoms with Crippen molar-refractivity contribution in [1.29, 1.82) is 0 Å². The van der Waals surface area contributed by atoms with Gasteiger partial charge in [0.2, 0.25) is 11.9 Å². The molecule has 6 heterocycles. The minimum Gasteiger partial charge on any atom is -0.387 e. The van der Waals surface area contributed by atoms with Crippen molar-refractivity contribution in [2.45, 2.75) is 49.1 Å². The van der Waals surface area contributed by atoms with Gasteiger partial charge in [-0.25, -0.2) is 39.0 Å². The quantitative estimate of drug-likeness (QED) is 0.0379. The number of anilines is 2. The van der Waals surface area contributed by atoms with Gasteiger partial charge < -0.3 is 50.9 Å². The number of aliphatic hydroxyl groups excluding tert-OH is 3. The smallest absolute Gasteiger partial charge is 0.387 e. The number of aromatic nitrogens is 8. The maximum atomic E-state index is 13.3. The van der Waals surface area contributed by atoms with E-state index in [1.807, 2.05) is 0 Å². The van der Waals surface area contributed by atoms with E-state index in [0.29, 0.717) is 0 Å². The standard InChI is InChI=1S/C20H24N16O13P2/c21-13-7-15(27-3-25-13)35(19(29-7)31-33-23)17-11(39)9(37)5(47-17)2-46-51(43,44)49-12-10(38)6(1-45-50(40,41)42)48-18(12)36-16-8(14(22)26-4-28-16)30-20(36)32-34-24/h3-6,9-12,17-18,37-39H,1-2H2,(H,43,44)(H2,21,25,27)(H2,22,26,28)(H2,40,41,42)/t5-,6-,9-,10-,11-,12-,17?,18?/m1/s1. The molecule has 0 amide bonds. The van der Waals surface area contributed by atoms with E-state index in [1.54, 1.807) is 0 Å². The molecule has 0 bridgehead atoms. The van der Waals surface area contributed by atoms with Crippen molar-refractivity contribution < 1.29 is 62.2 Å². The summed E-state index contributed by atoms with van der Waals surface area (Å²) in [6.07, 6.45) is -12.1. The summed E-state index contributed by atoms with van der Waals surface area (Å²) < 4.78 is 52.8. The number of nitrogens with two attached hydrogens (primary N) is 2. The number of fused-ring (bicyclic) bond motifs is 2.